The summed E-state index contributed by atoms with van der Waals surface area (Å²) in [4.78, 5) is 26.2. The monoisotopic (exact) mass is 384 g/mol. The van der Waals surface area contributed by atoms with Crippen molar-refractivity contribution in [3.63, 3.8) is 0 Å². The van der Waals surface area contributed by atoms with Crippen LogP contribution in [0.3, 0.4) is 0 Å². The Kier molecular flexibility index (Phi) is 5.43. The summed E-state index contributed by atoms with van der Waals surface area (Å²) in [5.74, 6) is -0.556. The maximum atomic E-state index is 11.3. The van der Waals surface area contributed by atoms with Crippen LogP contribution in [0.4, 0.5) is 10.8 Å². The van der Waals surface area contributed by atoms with Gasteiger partial charge in [0.25, 0.3) is 11.6 Å². The first-order valence-corrected chi connectivity index (χ1v) is 8.78. The Balaban J connectivity index is 1.66. The molecular weight excluding hydrogens is 368 g/mol. The number of benzene rings is 2. The Morgan fingerprint density at radius 2 is 2.04 bits per heavy atom. The van der Waals surface area contributed by atoms with Gasteiger partial charge < -0.3 is 5.32 Å². The summed E-state index contributed by atoms with van der Waals surface area (Å²) in [6, 6.07) is 11.4. The lowest BCUT2D eigenvalue weighted by atomic mass is 10.1. The molecule has 0 saturated carbocycles. The molecule has 27 heavy (non-hydrogen) atoms. The van der Waals surface area contributed by atoms with Gasteiger partial charge in [-0.05, 0) is 30.7 Å². The predicted molar refractivity (Wildman–Crippen MR) is 104 cm³/mol. The third-order valence-corrected chi connectivity index (χ3v) is 4.76. The normalized spacial score (nSPS) is 11.4. The number of fused-ring (bicyclic) bond motifs is 1. The Hall–Kier alpha value is -3.30. The van der Waals surface area contributed by atoms with Crippen LogP contribution >= 0.6 is 11.3 Å². The molecule has 3 N–H and O–H groups in total. The smallest absolute Gasteiger partial charge is 0.274 e. The van der Waals surface area contributed by atoms with Gasteiger partial charge in [-0.15, -0.1) is 0 Å². The maximum Gasteiger partial charge on any atom is 0.274 e. The van der Waals surface area contributed by atoms with Crippen LogP contribution in [0.2, 0.25) is 0 Å². The largest absolute Gasteiger partial charge is 0.358 e. The lowest BCUT2D eigenvalue weighted by molar-refractivity contribution is -0.384. The first-order valence-electron chi connectivity index (χ1n) is 7.97. The first kappa shape index (κ1) is 18.5. The van der Waals surface area contributed by atoms with Gasteiger partial charge in [-0.2, -0.15) is 0 Å². The molecule has 1 aromatic heterocycles. The van der Waals surface area contributed by atoms with E-state index in [4.69, 9.17) is 5.21 Å². The van der Waals surface area contributed by atoms with Crippen molar-refractivity contribution in [2.24, 2.45) is 0 Å². The molecule has 138 valence electrons. The van der Waals surface area contributed by atoms with E-state index < -0.39 is 10.8 Å². The van der Waals surface area contributed by atoms with E-state index in [1.807, 2.05) is 13.0 Å². The molecule has 0 spiro atoms. The Morgan fingerprint density at radius 3 is 2.70 bits per heavy atom. The van der Waals surface area contributed by atoms with Crippen molar-refractivity contribution in [3.05, 3.63) is 69.3 Å². The van der Waals surface area contributed by atoms with Crippen LogP contribution in [0.1, 0.15) is 22.8 Å². The minimum absolute atomic E-state index is 0.0482. The standard InChI is InChI=1S/C18H16N4O4S/c1-11(8-12-2-4-13(5-3-12)17(23)21-24)10-19-18-20-15-7-6-14(22(25)26)9-16(15)27-18/h2-9,24H,10H2,1H3,(H,19,20)(H,21,23). The van der Waals surface area contributed by atoms with Gasteiger partial charge >= 0.3 is 0 Å². The molecule has 0 fully saturated rings. The molecule has 0 saturated heterocycles. The number of nitro benzene ring substituents is 1. The quantitative estimate of drug-likeness (QED) is 0.338. The molecule has 2 aromatic carbocycles. The van der Waals surface area contributed by atoms with Gasteiger partial charge in [0.15, 0.2) is 5.13 Å². The number of nitrogens with one attached hydrogen (secondary N) is 2. The molecule has 0 aliphatic rings. The Labute approximate surface area is 158 Å². The van der Waals surface area contributed by atoms with Gasteiger partial charge in [0.05, 0.1) is 15.1 Å². The number of amides is 1. The minimum Gasteiger partial charge on any atom is -0.358 e. The van der Waals surface area contributed by atoms with Crippen LogP contribution in [-0.2, 0) is 0 Å². The van der Waals surface area contributed by atoms with Crippen LogP contribution in [0.5, 0.6) is 0 Å². The summed E-state index contributed by atoms with van der Waals surface area (Å²) >= 11 is 1.36. The third-order valence-electron chi connectivity index (χ3n) is 3.79. The third kappa shape index (κ3) is 4.46. The van der Waals surface area contributed by atoms with Gasteiger partial charge in [-0.3, -0.25) is 20.1 Å². The van der Waals surface area contributed by atoms with Gasteiger partial charge in [-0.25, -0.2) is 10.5 Å². The lowest BCUT2D eigenvalue weighted by Crippen LogP contribution is -2.18. The predicted octanol–water partition coefficient (Wildman–Crippen LogP) is 3.84. The van der Waals surface area contributed by atoms with Crippen LogP contribution in [0.25, 0.3) is 16.3 Å². The van der Waals surface area contributed by atoms with E-state index in [1.54, 1.807) is 35.8 Å². The van der Waals surface area contributed by atoms with Crippen molar-refractivity contribution in [2.45, 2.75) is 6.92 Å². The van der Waals surface area contributed by atoms with E-state index >= 15 is 0 Å². The van der Waals surface area contributed by atoms with E-state index in [0.717, 1.165) is 15.8 Å². The van der Waals surface area contributed by atoms with Gasteiger partial charge in [-0.1, -0.05) is 35.1 Å². The highest BCUT2D eigenvalue weighted by molar-refractivity contribution is 7.22. The zero-order chi connectivity index (χ0) is 19.4. The van der Waals surface area contributed by atoms with Gasteiger partial charge in [0, 0.05) is 24.2 Å². The number of hydrogen-bond acceptors (Lipinski definition) is 7. The molecule has 9 heteroatoms. The van der Waals surface area contributed by atoms with Crippen molar-refractivity contribution >= 4 is 44.4 Å². The lowest BCUT2D eigenvalue weighted by Gasteiger charge is -2.04. The minimum atomic E-state index is -0.556. The number of hydroxylamine groups is 1. The second kappa shape index (κ2) is 7.94. The average Bonchev–Trinajstić information content (AvgIpc) is 3.08. The fourth-order valence-electron chi connectivity index (χ4n) is 2.45. The van der Waals surface area contributed by atoms with E-state index in [9.17, 15) is 14.9 Å². The number of anilines is 1. The molecule has 1 heterocycles. The number of rotatable bonds is 6. The van der Waals surface area contributed by atoms with Gasteiger partial charge in [0.2, 0.25) is 0 Å². The Bertz CT molecular complexity index is 1030. The number of thiazole rings is 1. The summed E-state index contributed by atoms with van der Waals surface area (Å²) in [7, 11) is 0. The molecule has 3 aromatic rings. The average molecular weight is 384 g/mol. The molecule has 3 rings (SSSR count). The molecule has 0 radical (unpaired) electrons. The molecule has 0 aliphatic heterocycles. The SMILES string of the molecule is CC(=Cc1ccc(C(=O)NO)cc1)CNc1nc2ccc([N+](=O)[O-])cc2s1. The number of carbonyl (C=O) groups is 1. The van der Waals surface area contributed by atoms with E-state index in [2.05, 4.69) is 10.3 Å². The second-order valence-corrected chi connectivity index (χ2v) is 6.87. The summed E-state index contributed by atoms with van der Waals surface area (Å²) in [5, 5.41) is 23.4. The van der Waals surface area contributed by atoms with Crippen molar-refractivity contribution in [2.75, 3.05) is 11.9 Å². The highest BCUT2D eigenvalue weighted by Crippen LogP contribution is 2.29. The number of aromatic nitrogens is 1. The van der Waals surface area contributed by atoms with Gasteiger partial charge in [0.1, 0.15) is 0 Å². The van der Waals surface area contributed by atoms with E-state index in [0.29, 0.717) is 22.8 Å². The molecule has 8 nitrogen and oxygen atoms in total. The molecule has 0 aliphatic carbocycles. The highest BCUT2D eigenvalue weighted by Gasteiger charge is 2.10. The molecular formula is C18H16N4O4S. The van der Waals surface area contributed by atoms with Crippen molar-refractivity contribution < 1.29 is 14.9 Å². The van der Waals surface area contributed by atoms with Crippen molar-refractivity contribution in [1.82, 2.24) is 10.5 Å². The topological polar surface area (TPSA) is 117 Å². The van der Waals surface area contributed by atoms with Crippen LogP contribution in [-0.4, -0.2) is 27.6 Å². The number of carbonyl (C=O) groups excluding carboxylic acids is 1. The van der Waals surface area contributed by atoms with Crippen molar-refractivity contribution in [1.29, 1.82) is 0 Å². The van der Waals surface area contributed by atoms with Crippen LogP contribution in [0, 0.1) is 10.1 Å². The van der Waals surface area contributed by atoms with Crippen molar-refractivity contribution in [3.8, 4) is 0 Å². The fraction of sp³-hybridized carbons (Fsp3) is 0.111. The number of non-ortho nitro benzene ring substituents is 1. The number of nitrogens with zero attached hydrogens (tertiary/aromatic N) is 2. The number of hydrogen-bond donors (Lipinski definition) is 3. The Morgan fingerprint density at radius 1 is 1.30 bits per heavy atom. The highest BCUT2D eigenvalue weighted by atomic mass is 32.1. The zero-order valence-electron chi connectivity index (χ0n) is 14.3. The summed E-state index contributed by atoms with van der Waals surface area (Å²) in [6.45, 7) is 2.51. The molecule has 0 bridgehead atoms. The summed E-state index contributed by atoms with van der Waals surface area (Å²) < 4.78 is 0.756. The van der Waals surface area contributed by atoms with E-state index in [1.165, 1.54) is 23.5 Å². The first-order chi connectivity index (χ1) is 13.0. The summed E-state index contributed by atoms with van der Waals surface area (Å²) in [6.07, 6.45) is 1.96. The fourth-order valence-corrected chi connectivity index (χ4v) is 3.34. The van der Waals surface area contributed by atoms with Crippen LogP contribution < -0.4 is 10.8 Å². The zero-order valence-corrected chi connectivity index (χ0v) is 15.1. The molecule has 0 atom stereocenters. The van der Waals surface area contributed by atoms with E-state index in [-0.39, 0.29) is 5.69 Å². The van der Waals surface area contributed by atoms with Crippen LogP contribution in [0.15, 0.2) is 48.0 Å². The summed E-state index contributed by atoms with van der Waals surface area (Å²) in [5.41, 5.74) is 4.69. The molecule has 0 unspecified atom stereocenters. The molecule has 1 amide bonds. The second-order valence-electron chi connectivity index (χ2n) is 5.84. The number of nitro groups is 1. The maximum absolute atomic E-state index is 11.3.